The van der Waals surface area contributed by atoms with Crippen LogP contribution in [0.1, 0.15) is 5.56 Å². The molecule has 0 saturated heterocycles. The van der Waals surface area contributed by atoms with E-state index in [4.69, 9.17) is 17.9 Å². The van der Waals surface area contributed by atoms with Crippen LogP contribution in [0.4, 0.5) is 11.4 Å². The lowest BCUT2D eigenvalue weighted by atomic mass is 10.1. The van der Waals surface area contributed by atoms with Gasteiger partial charge in [-0.3, -0.25) is 0 Å². The maximum absolute atomic E-state index is 5.88. The summed E-state index contributed by atoms with van der Waals surface area (Å²) in [4.78, 5) is 4.56. The predicted octanol–water partition coefficient (Wildman–Crippen LogP) is 2.53. The Morgan fingerprint density at radius 3 is 2.50 bits per heavy atom. The summed E-state index contributed by atoms with van der Waals surface area (Å²) in [6, 6.07) is 11.4. The number of hydrogen-bond donors (Lipinski definition) is 2. The summed E-state index contributed by atoms with van der Waals surface area (Å²) in [5, 5.41) is 2.01. The molecule has 2 aromatic carbocycles. The molecule has 4 N–H and O–H groups in total. The Balaban J connectivity index is 2.42. The Hall–Kier alpha value is -2.73. The number of nitrogens with two attached hydrogens (primary N) is 2. The van der Waals surface area contributed by atoms with Crippen LogP contribution in [0.2, 0.25) is 0 Å². The molecule has 3 nitrogen and oxygen atoms in total. The molecule has 0 saturated carbocycles. The highest BCUT2D eigenvalue weighted by Crippen LogP contribution is 2.25. The standard InChI is InChI=1S/C15H11N3/c1-2-9-7-14-11(6-13(9)17)5-10-3-4-12(16)8-15(10)18-14/h1,3-8H,16-17H2. The first kappa shape index (κ1) is 10.4. The second-order valence-electron chi connectivity index (χ2n) is 4.22. The Labute approximate surface area is 104 Å². The van der Waals surface area contributed by atoms with Crippen molar-refractivity contribution in [3.8, 4) is 12.3 Å². The van der Waals surface area contributed by atoms with Crippen LogP contribution in [-0.4, -0.2) is 4.98 Å². The maximum atomic E-state index is 5.88. The number of nitrogen functional groups attached to an aromatic ring is 2. The zero-order chi connectivity index (χ0) is 12.7. The number of rotatable bonds is 0. The lowest BCUT2D eigenvalue weighted by Crippen LogP contribution is -1.92. The Kier molecular flexibility index (Phi) is 2.11. The van der Waals surface area contributed by atoms with E-state index in [0.717, 1.165) is 21.8 Å². The van der Waals surface area contributed by atoms with E-state index in [1.54, 1.807) is 0 Å². The minimum atomic E-state index is 0.599. The number of hydrogen-bond acceptors (Lipinski definition) is 3. The van der Waals surface area contributed by atoms with E-state index in [9.17, 15) is 0 Å². The van der Waals surface area contributed by atoms with E-state index in [2.05, 4.69) is 10.9 Å². The fourth-order valence-electron chi connectivity index (χ4n) is 2.04. The van der Waals surface area contributed by atoms with Gasteiger partial charge < -0.3 is 11.5 Å². The van der Waals surface area contributed by atoms with Crippen molar-refractivity contribution in [2.45, 2.75) is 0 Å². The fraction of sp³-hybridized carbons (Fsp3) is 0. The highest BCUT2D eigenvalue weighted by molar-refractivity contribution is 5.96. The SMILES string of the molecule is C#Cc1cc2nc3cc(N)ccc3cc2cc1N. The molecule has 1 heterocycles. The van der Waals surface area contributed by atoms with Crippen LogP contribution in [0.3, 0.4) is 0 Å². The molecule has 3 heteroatoms. The predicted molar refractivity (Wildman–Crippen MR) is 76.0 cm³/mol. The minimum absolute atomic E-state index is 0.599. The average Bonchev–Trinajstić information content (AvgIpc) is 2.36. The zero-order valence-electron chi connectivity index (χ0n) is 9.64. The van der Waals surface area contributed by atoms with Crippen LogP contribution >= 0.6 is 0 Å². The molecule has 18 heavy (non-hydrogen) atoms. The molecule has 0 aliphatic heterocycles. The average molecular weight is 233 g/mol. The van der Waals surface area contributed by atoms with Crippen LogP contribution in [-0.2, 0) is 0 Å². The highest BCUT2D eigenvalue weighted by Gasteiger charge is 2.04. The van der Waals surface area contributed by atoms with Crippen molar-refractivity contribution >= 4 is 33.2 Å². The van der Waals surface area contributed by atoms with Gasteiger partial charge in [0.2, 0.25) is 0 Å². The summed E-state index contributed by atoms with van der Waals surface area (Å²) in [6.07, 6.45) is 5.40. The highest BCUT2D eigenvalue weighted by atomic mass is 14.7. The maximum Gasteiger partial charge on any atom is 0.0730 e. The molecule has 0 spiro atoms. The molecule has 0 atom stereocenters. The van der Waals surface area contributed by atoms with Crippen molar-refractivity contribution in [1.29, 1.82) is 0 Å². The molecular weight excluding hydrogens is 222 g/mol. The topological polar surface area (TPSA) is 64.9 Å². The van der Waals surface area contributed by atoms with E-state index in [-0.39, 0.29) is 0 Å². The van der Waals surface area contributed by atoms with E-state index in [1.807, 2.05) is 36.4 Å². The second-order valence-corrected chi connectivity index (χ2v) is 4.22. The lowest BCUT2D eigenvalue weighted by molar-refractivity contribution is 1.49. The molecule has 86 valence electrons. The molecular formula is C15H11N3. The quantitative estimate of drug-likeness (QED) is 0.356. The molecule has 0 fully saturated rings. The molecule has 0 aliphatic carbocycles. The molecule has 0 aliphatic rings. The second kappa shape index (κ2) is 3.64. The smallest absolute Gasteiger partial charge is 0.0730 e. The third-order valence-corrected chi connectivity index (χ3v) is 2.96. The van der Waals surface area contributed by atoms with Crippen LogP contribution in [0.15, 0.2) is 36.4 Å². The number of benzene rings is 2. The zero-order valence-corrected chi connectivity index (χ0v) is 9.64. The van der Waals surface area contributed by atoms with Crippen molar-refractivity contribution in [2.75, 3.05) is 11.5 Å². The van der Waals surface area contributed by atoms with E-state index < -0.39 is 0 Å². The molecule has 1 aromatic heterocycles. The molecule has 0 unspecified atom stereocenters. The molecule has 3 rings (SSSR count). The summed E-state index contributed by atoms with van der Waals surface area (Å²) in [6.45, 7) is 0. The fourth-order valence-corrected chi connectivity index (χ4v) is 2.04. The monoisotopic (exact) mass is 233 g/mol. The van der Waals surface area contributed by atoms with Gasteiger partial charge in [-0.15, -0.1) is 6.42 Å². The van der Waals surface area contributed by atoms with Gasteiger partial charge in [-0.25, -0.2) is 4.98 Å². The Morgan fingerprint density at radius 2 is 1.72 bits per heavy atom. The van der Waals surface area contributed by atoms with Crippen molar-refractivity contribution < 1.29 is 0 Å². The minimum Gasteiger partial charge on any atom is -0.399 e. The van der Waals surface area contributed by atoms with Gasteiger partial charge in [-0.1, -0.05) is 12.0 Å². The van der Waals surface area contributed by atoms with Crippen molar-refractivity contribution in [1.82, 2.24) is 4.98 Å². The number of pyridine rings is 1. The number of terminal acetylenes is 1. The summed E-state index contributed by atoms with van der Waals surface area (Å²) < 4.78 is 0. The first-order chi connectivity index (χ1) is 8.67. The van der Waals surface area contributed by atoms with Crippen molar-refractivity contribution in [3.63, 3.8) is 0 Å². The largest absolute Gasteiger partial charge is 0.399 e. The number of aromatic nitrogens is 1. The first-order valence-electron chi connectivity index (χ1n) is 5.53. The van der Waals surface area contributed by atoms with Gasteiger partial charge in [0.05, 0.1) is 11.0 Å². The van der Waals surface area contributed by atoms with Gasteiger partial charge in [0, 0.05) is 27.7 Å². The van der Waals surface area contributed by atoms with E-state index in [0.29, 0.717) is 16.9 Å². The van der Waals surface area contributed by atoms with Gasteiger partial charge in [-0.2, -0.15) is 0 Å². The van der Waals surface area contributed by atoms with E-state index >= 15 is 0 Å². The molecule has 0 amide bonds. The van der Waals surface area contributed by atoms with Gasteiger partial charge in [-0.05, 0) is 30.3 Å². The molecule has 0 radical (unpaired) electrons. The summed E-state index contributed by atoms with van der Waals surface area (Å²) in [5.74, 6) is 2.56. The van der Waals surface area contributed by atoms with Crippen LogP contribution < -0.4 is 11.5 Å². The van der Waals surface area contributed by atoms with Gasteiger partial charge >= 0.3 is 0 Å². The molecule has 0 bridgehead atoms. The third-order valence-electron chi connectivity index (χ3n) is 2.96. The van der Waals surface area contributed by atoms with Gasteiger partial charge in [0.1, 0.15) is 0 Å². The Morgan fingerprint density at radius 1 is 0.944 bits per heavy atom. The summed E-state index contributed by atoms with van der Waals surface area (Å²) in [5.41, 5.74) is 15.3. The van der Waals surface area contributed by atoms with Crippen molar-refractivity contribution in [2.24, 2.45) is 0 Å². The van der Waals surface area contributed by atoms with Crippen LogP contribution in [0, 0.1) is 12.3 Å². The van der Waals surface area contributed by atoms with Gasteiger partial charge in [0.25, 0.3) is 0 Å². The first-order valence-corrected chi connectivity index (χ1v) is 5.53. The molecule has 3 aromatic rings. The Bertz CT molecular complexity index is 813. The number of anilines is 2. The third kappa shape index (κ3) is 1.52. The number of fused-ring (bicyclic) bond motifs is 2. The van der Waals surface area contributed by atoms with Crippen LogP contribution in [0.5, 0.6) is 0 Å². The normalized spacial score (nSPS) is 10.6. The van der Waals surface area contributed by atoms with Crippen molar-refractivity contribution in [3.05, 3.63) is 42.0 Å². The summed E-state index contributed by atoms with van der Waals surface area (Å²) >= 11 is 0. The van der Waals surface area contributed by atoms with Crippen LogP contribution in [0.25, 0.3) is 21.8 Å². The number of nitrogens with zero attached hydrogens (tertiary/aromatic N) is 1. The lowest BCUT2D eigenvalue weighted by Gasteiger charge is -2.05. The van der Waals surface area contributed by atoms with E-state index in [1.165, 1.54) is 0 Å². The van der Waals surface area contributed by atoms with Gasteiger partial charge in [0.15, 0.2) is 0 Å². The summed E-state index contributed by atoms with van der Waals surface area (Å²) in [7, 11) is 0.